The van der Waals surface area contributed by atoms with Crippen LogP contribution in [0, 0.1) is 6.92 Å². The summed E-state index contributed by atoms with van der Waals surface area (Å²) >= 11 is 0. The van der Waals surface area contributed by atoms with Gasteiger partial charge in [-0.2, -0.15) is 4.98 Å². The summed E-state index contributed by atoms with van der Waals surface area (Å²) in [7, 11) is 3.81. The second kappa shape index (κ2) is 7.91. The molecule has 1 aliphatic rings. The van der Waals surface area contributed by atoms with Crippen LogP contribution < -0.4 is 15.1 Å². The van der Waals surface area contributed by atoms with Gasteiger partial charge in [0.1, 0.15) is 11.6 Å². The molecule has 3 heterocycles. The van der Waals surface area contributed by atoms with Gasteiger partial charge < -0.3 is 24.7 Å². The van der Waals surface area contributed by atoms with Crippen LogP contribution in [0.4, 0.5) is 11.8 Å². The minimum atomic E-state index is -0.710. The van der Waals surface area contributed by atoms with Gasteiger partial charge in [0.25, 0.3) is 5.91 Å². The first-order chi connectivity index (χ1) is 12.9. The van der Waals surface area contributed by atoms with Gasteiger partial charge in [-0.3, -0.25) is 4.79 Å². The first kappa shape index (κ1) is 19.1. The standard InChI is InChI=1S/C18H26N6O3/c1-5-12-9-16(21-18(19-12)23(3)4)24-7-6-13(15(25)10-24)20-17(26)14-8-11(2)27-22-14/h8-9,13,15,25H,5-7,10H2,1-4H3,(H,20,26)/t13-,15-/m1/s1. The number of aromatic nitrogens is 3. The van der Waals surface area contributed by atoms with Gasteiger partial charge >= 0.3 is 0 Å². The van der Waals surface area contributed by atoms with E-state index in [1.54, 1.807) is 13.0 Å². The molecular weight excluding hydrogens is 348 g/mol. The van der Waals surface area contributed by atoms with Gasteiger partial charge in [0.05, 0.1) is 12.1 Å². The first-order valence-electron chi connectivity index (χ1n) is 9.10. The van der Waals surface area contributed by atoms with Crippen molar-refractivity contribution < 1.29 is 14.4 Å². The quantitative estimate of drug-likeness (QED) is 0.790. The number of anilines is 2. The molecule has 2 aromatic rings. The second-order valence-corrected chi connectivity index (χ2v) is 6.97. The van der Waals surface area contributed by atoms with E-state index in [0.717, 1.165) is 17.9 Å². The van der Waals surface area contributed by atoms with Crippen LogP contribution in [0.25, 0.3) is 0 Å². The molecule has 0 aromatic carbocycles. The van der Waals surface area contributed by atoms with Crippen LogP contribution in [0.3, 0.4) is 0 Å². The Kier molecular flexibility index (Phi) is 5.59. The predicted octanol–water partition coefficient (Wildman–Crippen LogP) is 0.771. The molecule has 2 N–H and O–H groups in total. The zero-order chi connectivity index (χ0) is 19.6. The molecule has 0 aliphatic carbocycles. The highest BCUT2D eigenvalue weighted by Crippen LogP contribution is 2.22. The number of nitrogens with zero attached hydrogens (tertiary/aromatic N) is 5. The number of β-amino-alcohol motifs (C(OH)–C–C–N with tert-alkyl or cyclic N) is 1. The Bertz CT molecular complexity index is 806. The normalized spacial score (nSPS) is 19.8. The third-order valence-corrected chi connectivity index (χ3v) is 4.60. The Balaban J connectivity index is 1.68. The van der Waals surface area contributed by atoms with Crippen molar-refractivity contribution in [2.24, 2.45) is 0 Å². The van der Waals surface area contributed by atoms with Crippen molar-refractivity contribution in [2.75, 3.05) is 37.0 Å². The van der Waals surface area contributed by atoms with E-state index in [2.05, 4.69) is 20.4 Å². The monoisotopic (exact) mass is 374 g/mol. The summed E-state index contributed by atoms with van der Waals surface area (Å²) in [4.78, 5) is 25.2. The minimum Gasteiger partial charge on any atom is -0.389 e. The number of carbonyl (C=O) groups is 1. The fraction of sp³-hybridized carbons (Fsp3) is 0.556. The molecule has 9 nitrogen and oxygen atoms in total. The van der Waals surface area contributed by atoms with Gasteiger partial charge in [-0.05, 0) is 19.8 Å². The lowest BCUT2D eigenvalue weighted by Gasteiger charge is -2.37. The van der Waals surface area contributed by atoms with Crippen LogP contribution in [0.15, 0.2) is 16.7 Å². The molecule has 27 heavy (non-hydrogen) atoms. The number of piperidine rings is 1. The van der Waals surface area contributed by atoms with Crippen molar-refractivity contribution in [1.29, 1.82) is 0 Å². The minimum absolute atomic E-state index is 0.223. The van der Waals surface area contributed by atoms with E-state index in [4.69, 9.17) is 4.52 Å². The van der Waals surface area contributed by atoms with Crippen molar-refractivity contribution in [2.45, 2.75) is 38.8 Å². The summed E-state index contributed by atoms with van der Waals surface area (Å²) in [5.74, 6) is 1.68. The van der Waals surface area contributed by atoms with Crippen LogP contribution in [-0.2, 0) is 6.42 Å². The van der Waals surface area contributed by atoms with Gasteiger partial charge in [0.15, 0.2) is 5.69 Å². The van der Waals surface area contributed by atoms with Crippen LogP contribution in [0.2, 0.25) is 0 Å². The molecule has 9 heteroatoms. The number of aliphatic hydroxyl groups excluding tert-OH is 1. The fourth-order valence-electron chi connectivity index (χ4n) is 3.04. The summed E-state index contributed by atoms with van der Waals surface area (Å²) in [6.45, 7) is 4.84. The molecule has 1 saturated heterocycles. The van der Waals surface area contributed by atoms with Crippen LogP contribution in [0.1, 0.15) is 35.3 Å². The molecule has 1 amide bonds. The van der Waals surface area contributed by atoms with E-state index in [1.165, 1.54) is 0 Å². The average Bonchev–Trinajstić information content (AvgIpc) is 3.09. The van der Waals surface area contributed by atoms with Crippen molar-refractivity contribution in [3.05, 3.63) is 29.3 Å². The smallest absolute Gasteiger partial charge is 0.273 e. The maximum atomic E-state index is 12.2. The summed E-state index contributed by atoms with van der Waals surface area (Å²) in [6.07, 6.45) is 0.702. The molecule has 146 valence electrons. The molecule has 1 fully saturated rings. The SMILES string of the molecule is CCc1cc(N2CC[C@@H](NC(=O)c3cc(C)on3)[C@H](O)C2)nc(N(C)C)n1. The number of aryl methyl sites for hydroxylation is 2. The number of hydrogen-bond donors (Lipinski definition) is 2. The number of aliphatic hydroxyl groups is 1. The molecule has 2 aromatic heterocycles. The number of carbonyl (C=O) groups excluding carboxylic acids is 1. The summed E-state index contributed by atoms with van der Waals surface area (Å²) in [5, 5.41) is 17.1. The zero-order valence-corrected chi connectivity index (χ0v) is 16.1. The van der Waals surface area contributed by atoms with Crippen LogP contribution >= 0.6 is 0 Å². The van der Waals surface area contributed by atoms with E-state index in [0.29, 0.717) is 31.2 Å². The molecule has 0 bridgehead atoms. The van der Waals surface area contributed by atoms with Crippen LogP contribution in [-0.4, -0.2) is 65.5 Å². The van der Waals surface area contributed by atoms with Gasteiger partial charge in [-0.15, -0.1) is 0 Å². The van der Waals surface area contributed by atoms with Crippen molar-refractivity contribution >= 4 is 17.7 Å². The molecule has 0 saturated carbocycles. The van der Waals surface area contributed by atoms with Gasteiger partial charge in [-0.25, -0.2) is 4.98 Å². The van der Waals surface area contributed by atoms with E-state index in [1.807, 2.05) is 36.9 Å². The maximum absolute atomic E-state index is 12.2. The van der Waals surface area contributed by atoms with E-state index in [9.17, 15) is 9.90 Å². The Hall–Kier alpha value is -2.68. The Morgan fingerprint density at radius 2 is 2.19 bits per heavy atom. The van der Waals surface area contributed by atoms with E-state index < -0.39 is 6.10 Å². The third kappa shape index (κ3) is 4.36. The summed E-state index contributed by atoms with van der Waals surface area (Å²) < 4.78 is 4.93. The molecule has 2 atom stereocenters. The predicted molar refractivity (Wildman–Crippen MR) is 101 cm³/mol. The first-order valence-corrected chi connectivity index (χ1v) is 9.10. The average molecular weight is 374 g/mol. The van der Waals surface area contributed by atoms with E-state index in [-0.39, 0.29) is 17.6 Å². The molecular formula is C18H26N6O3. The molecule has 1 aliphatic heterocycles. The highest BCUT2D eigenvalue weighted by molar-refractivity contribution is 5.92. The zero-order valence-electron chi connectivity index (χ0n) is 16.1. The van der Waals surface area contributed by atoms with Gasteiger partial charge in [0.2, 0.25) is 5.95 Å². The molecule has 3 rings (SSSR count). The number of nitrogens with one attached hydrogen (secondary N) is 1. The topological polar surface area (TPSA) is 108 Å². The van der Waals surface area contributed by atoms with Crippen LogP contribution in [0.5, 0.6) is 0 Å². The Morgan fingerprint density at radius 3 is 2.78 bits per heavy atom. The largest absolute Gasteiger partial charge is 0.389 e. The van der Waals surface area contributed by atoms with Crippen molar-refractivity contribution in [3.8, 4) is 0 Å². The Labute approximate surface area is 158 Å². The number of amides is 1. The highest BCUT2D eigenvalue weighted by atomic mass is 16.5. The summed E-state index contributed by atoms with van der Waals surface area (Å²) in [5.41, 5.74) is 1.18. The Morgan fingerprint density at radius 1 is 1.41 bits per heavy atom. The number of rotatable bonds is 5. The fourth-order valence-corrected chi connectivity index (χ4v) is 3.04. The maximum Gasteiger partial charge on any atom is 0.273 e. The molecule has 0 radical (unpaired) electrons. The summed E-state index contributed by atoms with van der Waals surface area (Å²) in [6, 6.07) is 3.19. The number of hydrogen-bond acceptors (Lipinski definition) is 8. The molecule has 0 unspecified atom stereocenters. The highest BCUT2D eigenvalue weighted by Gasteiger charge is 2.30. The third-order valence-electron chi connectivity index (χ3n) is 4.60. The van der Waals surface area contributed by atoms with Gasteiger partial charge in [0, 0.05) is 45.0 Å². The second-order valence-electron chi connectivity index (χ2n) is 6.97. The van der Waals surface area contributed by atoms with Crippen molar-refractivity contribution in [3.63, 3.8) is 0 Å². The van der Waals surface area contributed by atoms with Crippen molar-refractivity contribution in [1.82, 2.24) is 20.4 Å². The van der Waals surface area contributed by atoms with Gasteiger partial charge in [-0.1, -0.05) is 12.1 Å². The molecule has 0 spiro atoms. The lowest BCUT2D eigenvalue weighted by atomic mass is 10.0. The van der Waals surface area contributed by atoms with E-state index >= 15 is 0 Å². The lowest BCUT2D eigenvalue weighted by Crippen LogP contribution is -2.54. The lowest BCUT2D eigenvalue weighted by molar-refractivity contribution is 0.0790.